The first-order valence-corrected chi connectivity index (χ1v) is 10.4. The van der Waals surface area contributed by atoms with E-state index in [1.807, 2.05) is 36.4 Å². The van der Waals surface area contributed by atoms with E-state index in [0.29, 0.717) is 6.42 Å². The van der Waals surface area contributed by atoms with Crippen LogP contribution < -0.4 is 4.74 Å². The molecular formula is C25H23N3O3. The van der Waals surface area contributed by atoms with Crippen LogP contribution in [0.4, 0.5) is 5.69 Å². The third-order valence-electron chi connectivity index (χ3n) is 6.03. The van der Waals surface area contributed by atoms with Gasteiger partial charge in [0.2, 0.25) is 0 Å². The highest BCUT2D eigenvalue weighted by atomic mass is 16.5. The fourth-order valence-corrected chi connectivity index (χ4v) is 4.75. The number of carbonyl (C=O) groups excluding carboxylic acids is 2. The number of para-hydroxylation sites is 1. The Morgan fingerprint density at radius 3 is 2.55 bits per heavy atom. The van der Waals surface area contributed by atoms with Crippen LogP contribution in [-0.4, -0.2) is 41.1 Å². The van der Waals surface area contributed by atoms with Gasteiger partial charge in [-0.25, -0.2) is 4.99 Å². The van der Waals surface area contributed by atoms with Gasteiger partial charge in [0.15, 0.2) is 0 Å². The van der Waals surface area contributed by atoms with E-state index in [0.717, 1.165) is 50.6 Å². The number of H-pyrrole nitrogens is 1. The van der Waals surface area contributed by atoms with Crippen molar-refractivity contribution in [2.75, 3.05) is 7.11 Å². The number of ketones is 2. The van der Waals surface area contributed by atoms with E-state index < -0.39 is 0 Å². The van der Waals surface area contributed by atoms with Crippen LogP contribution >= 0.6 is 0 Å². The number of ether oxygens (including phenoxy) is 1. The quantitative estimate of drug-likeness (QED) is 0.667. The first-order valence-electron chi connectivity index (χ1n) is 10.4. The average molecular weight is 413 g/mol. The van der Waals surface area contributed by atoms with Crippen molar-refractivity contribution in [2.24, 2.45) is 9.98 Å². The van der Waals surface area contributed by atoms with E-state index in [1.165, 1.54) is 0 Å². The maximum atomic E-state index is 12.3. The van der Waals surface area contributed by atoms with Gasteiger partial charge < -0.3 is 14.5 Å². The summed E-state index contributed by atoms with van der Waals surface area (Å²) in [6, 6.07) is 13.4. The van der Waals surface area contributed by atoms with Crippen molar-refractivity contribution in [2.45, 2.75) is 38.6 Å². The van der Waals surface area contributed by atoms with Gasteiger partial charge in [-0.05, 0) is 43.7 Å². The second kappa shape index (κ2) is 7.30. The summed E-state index contributed by atoms with van der Waals surface area (Å²) >= 11 is 0. The molecule has 0 aliphatic carbocycles. The molecule has 0 unspecified atom stereocenters. The number of rotatable bonds is 5. The van der Waals surface area contributed by atoms with E-state index in [-0.39, 0.29) is 29.9 Å². The molecule has 156 valence electrons. The number of methoxy groups -OCH3 is 1. The minimum atomic E-state index is -0.348. The summed E-state index contributed by atoms with van der Waals surface area (Å²) in [4.78, 5) is 37.9. The van der Waals surface area contributed by atoms with Gasteiger partial charge in [-0.1, -0.05) is 18.2 Å². The van der Waals surface area contributed by atoms with Gasteiger partial charge in [-0.2, -0.15) is 0 Å². The lowest BCUT2D eigenvalue weighted by molar-refractivity contribution is -0.119. The molecule has 6 heteroatoms. The molecule has 5 rings (SSSR count). The SMILES string of the molecule is COc1ccc2c(c1)C1=N[C@@H](CC(C)=O)[C@H](CC(C)=O)c3c([nH]c4ccccc34)C1=N2. The number of aromatic nitrogens is 1. The Bertz CT molecular complexity index is 1300. The molecule has 0 saturated carbocycles. The molecule has 1 aromatic heterocycles. The first-order chi connectivity index (χ1) is 15.0. The Morgan fingerprint density at radius 2 is 1.81 bits per heavy atom. The second-order valence-electron chi connectivity index (χ2n) is 8.27. The highest BCUT2D eigenvalue weighted by Crippen LogP contribution is 2.42. The van der Waals surface area contributed by atoms with Crippen LogP contribution in [0.25, 0.3) is 10.9 Å². The number of aliphatic imine (C=N–C) groups is 2. The largest absolute Gasteiger partial charge is 0.497 e. The molecule has 3 aromatic rings. The zero-order valence-corrected chi connectivity index (χ0v) is 17.7. The van der Waals surface area contributed by atoms with Crippen molar-refractivity contribution in [1.29, 1.82) is 0 Å². The van der Waals surface area contributed by atoms with E-state index in [1.54, 1.807) is 21.0 Å². The number of nitrogens with one attached hydrogen (secondary N) is 1. The lowest BCUT2D eigenvalue weighted by atomic mass is 9.83. The smallest absolute Gasteiger partial charge is 0.131 e. The number of hydrogen-bond acceptors (Lipinski definition) is 5. The zero-order valence-electron chi connectivity index (χ0n) is 17.7. The van der Waals surface area contributed by atoms with Crippen LogP contribution in [-0.2, 0) is 9.59 Å². The van der Waals surface area contributed by atoms with Crippen molar-refractivity contribution in [1.82, 2.24) is 4.98 Å². The number of aromatic amines is 1. The first kappa shape index (κ1) is 19.4. The van der Waals surface area contributed by atoms with E-state index >= 15 is 0 Å². The molecule has 0 amide bonds. The van der Waals surface area contributed by atoms with Crippen LogP contribution in [0.2, 0.25) is 0 Å². The van der Waals surface area contributed by atoms with Crippen molar-refractivity contribution >= 4 is 39.6 Å². The summed E-state index contributed by atoms with van der Waals surface area (Å²) in [5, 5.41) is 1.05. The molecule has 31 heavy (non-hydrogen) atoms. The monoisotopic (exact) mass is 413 g/mol. The van der Waals surface area contributed by atoms with Gasteiger partial charge in [0, 0.05) is 35.2 Å². The molecule has 0 fully saturated rings. The number of Topliss-reactive ketones (excluding diaryl/α,β-unsaturated/α-hetero) is 2. The lowest BCUT2D eigenvalue weighted by Crippen LogP contribution is -2.22. The van der Waals surface area contributed by atoms with Crippen molar-refractivity contribution < 1.29 is 14.3 Å². The van der Waals surface area contributed by atoms with Gasteiger partial charge in [0.05, 0.1) is 30.2 Å². The fraction of sp³-hybridized carbons (Fsp3) is 0.280. The topological polar surface area (TPSA) is 83.9 Å². The Labute approximate surface area is 180 Å². The molecule has 6 nitrogen and oxygen atoms in total. The highest BCUT2D eigenvalue weighted by Gasteiger charge is 2.38. The van der Waals surface area contributed by atoms with E-state index in [2.05, 4.69) is 11.1 Å². The van der Waals surface area contributed by atoms with Crippen molar-refractivity contribution in [3.8, 4) is 5.75 Å². The van der Waals surface area contributed by atoms with Crippen molar-refractivity contribution in [3.05, 3.63) is 59.3 Å². The maximum Gasteiger partial charge on any atom is 0.131 e. The molecular weight excluding hydrogens is 390 g/mol. The lowest BCUT2D eigenvalue weighted by Gasteiger charge is -2.22. The van der Waals surface area contributed by atoms with Gasteiger partial charge in [-0.3, -0.25) is 9.79 Å². The normalized spacial score (nSPS) is 19.1. The van der Waals surface area contributed by atoms with E-state index in [9.17, 15) is 9.59 Å². The number of carbonyl (C=O) groups is 2. The Morgan fingerprint density at radius 1 is 1.03 bits per heavy atom. The predicted molar refractivity (Wildman–Crippen MR) is 121 cm³/mol. The predicted octanol–water partition coefficient (Wildman–Crippen LogP) is 4.52. The van der Waals surface area contributed by atoms with Gasteiger partial charge >= 0.3 is 0 Å². The molecule has 2 aliphatic heterocycles. The van der Waals surface area contributed by atoms with Gasteiger partial charge in [0.25, 0.3) is 0 Å². The molecule has 0 spiro atoms. The summed E-state index contributed by atoms with van der Waals surface area (Å²) in [5.74, 6) is 0.643. The van der Waals surface area contributed by atoms with Crippen LogP contribution in [0.15, 0.2) is 52.4 Å². The summed E-state index contributed by atoms with van der Waals surface area (Å²) < 4.78 is 5.42. The second-order valence-corrected chi connectivity index (χ2v) is 8.27. The van der Waals surface area contributed by atoms with Crippen LogP contribution in [0.5, 0.6) is 5.75 Å². The van der Waals surface area contributed by atoms with Gasteiger partial charge in [-0.15, -0.1) is 0 Å². The highest BCUT2D eigenvalue weighted by molar-refractivity contribution is 6.57. The molecule has 1 N–H and O–H groups in total. The van der Waals surface area contributed by atoms with Crippen LogP contribution in [0.1, 0.15) is 49.4 Å². The maximum absolute atomic E-state index is 12.3. The summed E-state index contributed by atoms with van der Waals surface area (Å²) in [6.45, 7) is 3.17. The Hall–Kier alpha value is -3.54. The molecule has 0 saturated heterocycles. The van der Waals surface area contributed by atoms with Crippen molar-refractivity contribution in [3.63, 3.8) is 0 Å². The third-order valence-corrected chi connectivity index (χ3v) is 6.03. The summed E-state index contributed by atoms with van der Waals surface area (Å²) in [6.07, 6.45) is 0.592. The summed E-state index contributed by atoms with van der Waals surface area (Å²) in [7, 11) is 1.63. The molecule has 2 aliphatic rings. The average Bonchev–Trinajstić information content (AvgIpc) is 3.26. The number of hydrogen-bond donors (Lipinski definition) is 1. The van der Waals surface area contributed by atoms with Crippen LogP contribution in [0, 0.1) is 0 Å². The fourth-order valence-electron chi connectivity index (χ4n) is 4.75. The van der Waals surface area contributed by atoms with Crippen LogP contribution in [0.3, 0.4) is 0 Å². The molecule has 3 heterocycles. The molecule has 0 radical (unpaired) electrons. The standard InChI is InChI=1S/C25H23N3O3/c1-13(29)10-17-21(11-14(2)30)28-23-18-12-15(31-3)8-9-20(18)27-25(23)24-22(17)16-6-4-5-7-19(16)26-24/h4-9,12,17,21,26H,10-11H2,1-3H3/t17-,21-/m0/s1. The number of benzene rings is 2. The molecule has 2 aromatic carbocycles. The Balaban J connectivity index is 1.81. The van der Waals surface area contributed by atoms with E-state index in [4.69, 9.17) is 14.7 Å². The number of nitrogens with zero attached hydrogens (tertiary/aromatic N) is 2. The summed E-state index contributed by atoms with van der Waals surface area (Å²) in [5.41, 5.74) is 6.11. The zero-order chi connectivity index (χ0) is 21.7. The van der Waals surface area contributed by atoms with Gasteiger partial charge in [0.1, 0.15) is 23.0 Å². The third kappa shape index (κ3) is 3.19. The molecule has 2 atom stereocenters. The minimum absolute atomic E-state index is 0.0496. The minimum Gasteiger partial charge on any atom is -0.497 e. The Kier molecular flexibility index (Phi) is 4.58. The number of fused-ring (bicyclic) bond motifs is 7. The molecule has 0 bridgehead atoms.